The van der Waals surface area contributed by atoms with Crippen LogP contribution in [-0.2, 0) is 14.2 Å². The van der Waals surface area contributed by atoms with E-state index in [1.54, 1.807) is 14.2 Å². The molecule has 0 saturated carbocycles. The van der Waals surface area contributed by atoms with Crippen molar-refractivity contribution in [3.05, 3.63) is 0 Å². The van der Waals surface area contributed by atoms with Crippen LogP contribution < -0.4 is 0 Å². The van der Waals surface area contributed by atoms with Gasteiger partial charge in [-0.25, -0.2) is 0 Å². The molecule has 3 heteroatoms. The fourth-order valence-corrected chi connectivity index (χ4v) is 1.85. The van der Waals surface area contributed by atoms with E-state index >= 15 is 0 Å². The zero-order chi connectivity index (χ0) is 9.14. The second-order valence-electron chi connectivity index (χ2n) is 3.42. The van der Waals surface area contributed by atoms with E-state index in [-0.39, 0.29) is 18.5 Å². The molecule has 0 amide bonds. The molecule has 12 heavy (non-hydrogen) atoms. The van der Waals surface area contributed by atoms with Crippen molar-refractivity contribution in [3.63, 3.8) is 0 Å². The molecule has 4 unspecified atom stereocenters. The Morgan fingerprint density at radius 2 is 1.83 bits per heavy atom. The lowest BCUT2D eigenvalue weighted by Crippen LogP contribution is -2.44. The Kier molecular flexibility index (Phi) is 3.50. The molecule has 0 aromatic carbocycles. The molecule has 1 heterocycles. The van der Waals surface area contributed by atoms with Gasteiger partial charge in [0.1, 0.15) is 0 Å². The minimum absolute atomic E-state index is 0.0543. The Balaban J connectivity index is 2.51. The van der Waals surface area contributed by atoms with Crippen LogP contribution in [-0.4, -0.2) is 32.7 Å². The summed E-state index contributed by atoms with van der Waals surface area (Å²) >= 11 is 0. The van der Waals surface area contributed by atoms with E-state index in [1.807, 2.05) is 6.92 Å². The van der Waals surface area contributed by atoms with Crippen LogP contribution in [0.15, 0.2) is 0 Å². The maximum Gasteiger partial charge on any atom is 0.158 e. The third kappa shape index (κ3) is 1.97. The molecular weight excluding hydrogens is 156 g/mol. The summed E-state index contributed by atoms with van der Waals surface area (Å²) in [5.41, 5.74) is 0. The lowest BCUT2D eigenvalue weighted by Gasteiger charge is -2.37. The van der Waals surface area contributed by atoms with Gasteiger partial charge in [0.2, 0.25) is 0 Å². The second-order valence-corrected chi connectivity index (χ2v) is 3.42. The summed E-state index contributed by atoms with van der Waals surface area (Å²) in [6, 6.07) is 0. The van der Waals surface area contributed by atoms with Gasteiger partial charge in [0.05, 0.1) is 12.2 Å². The largest absolute Gasteiger partial charge is 0.378 e. The predicted octanol–water partition coefficient (Wildman–Crippen LogP) is 1.42. The van der Waals surface area contributed by atoms with E-state index in [9.17, 15) is 0 Å². The number of rotatable bonds is 2. The SMILES string of the molecule is COC1CC(C)C(OC)C(C)O1. The molecule has 1 rings (SSSR count). The van der Waals surface area contributed by atoms with Gasteiger partial charge in [0.25, 0.3) is 0 Å². The fourth-order valence-electron chi connectivity index (χ4n) is 1.85. The zero-order valence-electron chi connectivity index (χ0n) is 8.24. The first kappa shape index (κ1) is 9.96. The van der Waals surface area contributed by atoms with Gasteiger partial charge < -0.3 is 14.2 Å². The minimum Gasteiger partial charge on any atom is -0.378 e. The summed E-state index contributed by atoms with van der Waals surface area (Å²) in [4.78, 5) is 0. The van der Waals surface area contributed by atoms with Crippen LogP contribution in [0.25, 0.3) is 0 Å². The highest BCUT2D eigenvalue weighted by Gasteiger charge is 2.33. The van der Waals surface area contributed by atoms with Crippen molar-refractivity contribution in [3.8, 4) is 0 Å². The molecule has 4 atom stereocenters. The van der Waals surface area contributed by atoms with Crippen molar-refractivity contribution in [2.45, 2.75) is 38.8 Å². The molecular formula is C9H18O3. The Morgan fingerprint density at radius 1 is 1.17 bits per heavy atom. The number of methoxy groups -OCH3 is 2. The maximum atomic E-state index is 5.56. The third-order valence-corrected chi connectivity index (χ3v) is 2.49. The van der Waals surface area contributed by atoms with Crippen LogP contribution in [0.5, 0.6) is 0 Å². The Hall–Kier alpha value is -0.120. The lowest BCUT2D eigenvalue weighted by molar-refractivity contribution is -0.227. The lowest BCUT2D eigenvalue weighted by atomic mass is 9.94. The third-order valence-electron chi connectivity index (χ3n) is 2.49. The van der Waals surface area contributed by atoms with Gasteiger partial charge in [-0.15, -0.1) is 0 Å². The summed E-state index contributed by atoms with van der Waals surface area (Å²) in [6.45, 7) is 4.19. The van der Waals surface area contributed by atoms with Crippen molar-refractivity contribution in [1.29, 1.82) is 0 Å². The molecule has 1 aliphatic heterocycles. The van der Waals surface area contributed by atoms with Crippen LogP contribution in [0, 0.1) is 5.92 Å². The molecule has 0 aromatic heterocycles. The molecule has 0 bridgehead atoms. The highest BCUT2D eigenvalue weighted by atomic mass is 16.7. The molecule has 0 aromatic rings. The summed E-state index contributed by atoms with van der Waals surface area (Å²) in [5, 5.41) is 0. The van der Waals surface area contributed by atoms with Crippen LogP contribution in [0.2, 0.25) is 0 Å². The Bertz CT molecular complexity index is 126. The van der Waals surface area contributed by atoms with Gasteiger partial charge in [0, 0.05) is 20.6 Å². The smallest absolute Gasteiger partial charge is 0.158 e. The molecule has 1 saturated heterocycles. The van der Waals surface area contributed by atoms with Crippen molar-refractivity contribution >= 4 is 0 Å². The Labute approximate surface area is 74.0 Å². The average Bonchev–Trinajstić information content (AvgIpc) is 2.03. The maximum absolute atomic E-state index is 5.56. The van der Waals surface area contributed by atoms with Gasteiger partial charge in [-0.05, 0) is 12.8 Å². The number of hydrogen-bond donors (Lipinski definition) is 0. The van der Waals surface area contributed by atoms with Gasteiger partial charge in [-0.3, -0.25) is 0 Å². The van der Waals surface area contributed by atoms with E-state index < -0.39 is 0 Å². The summed E-state index contributed by atoms with van der Waals surface area (Å²) in [5.74, 6) is 0.503. The zero-order valence-corrected chi connectivity index (χ0v) is 8.24. The van der Waals surface area contributed by atoms with Crippen molar-refractivity contribution in [2.75, 3.05) is 14.2 Å². The number of ether oxygens (including phenoxy) is 3. The standard InChI is InChI=1S/C9H18O3/c1-6-5-8(10-3)12-7(2)9(6)11-4/h6-9H,5H2,1-4H3. The molecule has 0 N–H and O–H groups in total. The van der Waals surface area contributed by atoms with Gasteiger partial charge >= 0.3 is 0 Å². The van der Waals surface area contributed by atoms with Crippen LogP contribution >= 0.6 is 0 Å². The first-order valence-corrected chi connectivity index (χ1v) is 4.40. The molecule has 0 radical (unpaired) electrons. The summed E-state index contributed by atoms with van der Waals surface area (Å²) in [6.07, 6.45) is 1.20. The average molecular weight is 174 g/mol. The predicted molar refractivity (Wildman–Crippen MR) is 45.9 cm³/mol. The minimum atomic E-state index is -0.0543. The van der Waals surface area contributed by atoms with Crippen LogP contribution in [0.3, 0.4) is 0 Å². The Morgan fingerprint density at radius 3 is 2.25 bits per heavy atom. The molecule has 0 spiro atoms. The van der Waals surface area contributed by atoms with Crippen LogP contribution in [0.1, 0.15) is 20.3 Å². The fraction of sp³-hybridized carbons (Fsp3) is 1.00. The molecule has 3 nitrogen and oxygen atoms in total. The van der Waals surface area contributed by atoms with E-state index in [4.69, 9.17) is 14.2 Å². The highest BCUT2D eigenvalue weighted by molar-refractivity contribution is 4.78. The van der Waals surface area contributed by atoms with E-state index in [2.05, 4.69) is 6.92 Å². The summed E-state index contributed by atoms with van der Waals surface area (Å²) < 4.78 is 16.0. The first-order chi connectivity index (χ1) is 5.69. The summed E-state index contributed by atoms with van der Waals surface area (Å²) in [7, 11) is 3.41. The molecule has 1 fully saturated rings. The van der Waals surface area contributed by atoms with E-state index in [0.717, 1.165) is 6.42 Å². The first-order valence-electron chi connectivity index (χ1n) is 4.40. The molecule has 0 aliphatic carbocycles. The van der Waals surface area contributed by atoms with Crippen molar-refractivity contribution in [2.24, 2.45) is 5.92 Å². The van der Waals surface area contributed by atoms with Crippen LogP contribution in [0.4, 0.5) is 0 Å². The quantitative estimate of drug-likeness (QED) is 0.633. The van der Waals surface area contributed by atoms with E-state index in [0.29, 0.717) is 5.92 Å². The van der Waals surface area contributed by atoms with Gasteiger partial charge in [-0.2, -0.15) is 0 Å². The molecule has 1 aliphatic rings. The van der Waals surface area contributed by atoms with Crippen molar-refractivity contribution in [1.82, 2.24) is 0 Å². The monoisotopic (exact) mass is 174 g/mol. The van der Waals surface area contributed by atoms with Gasteiger partial charge in [-0.1, -0.05) is 6.92 Å². The normalized spacial score (nSPS) is 43.0. The second kappa shape index (κ2) is 4.21. The van der Waals surface area contributed by atoms with E-state index in [1.165, 1.54) is 0 Å². The highest BCUT2D eigenvalue weighted by Crippen LogP contribution is 2.26. The number of hydrogen-bond acceptors (Lipinski definition) is 3. The molecule has 72 valence electrons. The topological polar surface area (TPSA) is 27.7 Å². The van der Waals surface area contributed by atoms with Crippen molar-refractivity contribution < 1.29 is 14.2 Å². The van der Waals surface area contributed by atoms with Gasteiger partial charge in [0.15, 0.2) is 6.29 Å².